The fourth-order valence-corrected chi connectivity index (χ4v) is 1.71. The van der Waals surface area contributed by atoms with E-state index in [2.05, 4.69) is 0 Å². The number of aromatic carboxylic acids is 1. The molecular weight excluding hydrogens is 263 g/mol. The Balaban J connectivity index is 2.13. The standard InChI is InChI=1S/C15H13FO4/c1-19-13-7-3-5-11(14(13)16)9-20-12-6-2-4-10(8-12)15(17)18/h2-8H,9H2,1H3,(H,17,18). The summed E-state index contributed by atoms with van der Waals surface area (Å²) in [7, 11) is 1.39. The molecule has 5 heteroatoms. The van der Waals surface area contributed by atoms with Crippen LogP contribution in [-0.4, -0.2) is 18.2 Å². The summed E-state index contributed by atoms with van der Waals surface area (Å²) >= 11 is 0. The van der Waals surface area contributed by atoms with E-state index >= 15 is 0 Å². The number of rotatable bonds is 5. The number of methoxy groups -OCH3 is 1. The van der Waals surface area contributed by atoms with Crippen LogP contribution in [0.25, 0.3) is 0 Å². The first-order chi connectivity index (χ1) is 9.61. The van der Waals surface area contributed by atoms with Crippen molar-refractivity contribution in [1.29, 1.82) is 0 Å². The summed E-state index contributed by atoms with van der Waals surface area (Å²) in [6.45, 7) is -0.00783. The van der Waals surface area contributed by atoms with Crippen molar-refractivity contribution in [3.8, 4) is 11.5 Å². The highest BCUT2D eigenvalue weighted by Gasteiger charge is 2.09. The third-order valence-corrected chi connectivity index (χ3v) is 2.74. The van der Waals surface area contributed by atoms with Crippen LogP contribution in [0.4, 0.5) is 4.39 Å². The van der Waals surface area contributed by atoms with Gasteiger partial charge in [-0.1, -0.05) is 18.2 Å². The molecule has 0 atom stereocenters. The minimum absolute atomic E-state index is 0.00783. The van der Waals surface area contributed by atoms with Gasteiger partial charge < -0.3 is 14.6 Å². The van der Waals surface area contributed by atoms with E-state index in [1.165, 1.54) is 25.3 Å². The number of benzene rings is 2. The fraction of sp³-hybridized carbons (Fsp3) is 0.133. The molecule has 0 fully saturated rings. The van der Waals surface area contributed by atoms with Crippen LogP contribution in [0.5, 0.6) is 11.5 Å². The van der Waals surface area contributed by atoms with Gasteiger partial charge in [0.1, 0.15) is 12.4 Å². The molecule has 0 aliphatic carbocycles. The zero-order valence-electron chi connectivity index (χ0n) is 10.8. The highest BCUT2D eigenvalue weighted by molar-refractivity contribution is 5.87. The Labute approximate surface area is 115 Å². The van der Waals surface area contributed by atoms with Crippen LogP contribution < -0.4 is 9.47 Å². The van der Waals surface area contributed by atoms with E-state index < -0.39 is 11.8 Å². The van der Waals surface area contributed by atoms with Gasteiger partial charge in [-0.05, 0) is 24.3 Å². The summed E-state index contributed by atoms with van der Waals surface area (Å²) in [6.07, 6.45) is 0. The lowest BCUT2D eigenvalue weighted by Crippen LogP contribution is -2.02. The quantitative estimate of drug-likeness (QED) is 0.911. The molecule has 2 aromatic rings. The van der Waals surface area contributed by atoms with Crippen LogP contribution in [0.15, 0.2) is 42.5 Å². The lowest BCUT2D eigenvalue weighted by atomic mass is 10.2. The Morgan fingerprint density at radius 2 is 2.00 bits per heavy atom. The zero-order valence-corrected chi connectivity index (χ0v) is 10.8. The first-order valence-electron chi connectivity index (χ1n) is 5.89. The maximum atomic E-state index is 13.9. The molecule has 104 valence electrons. The lowest BCUT2D eigenvalue weighted by molar-refractivity contribution is 0.0696. The van der Waals surface area contributed by atoms with Crippen molar-refractivity contribution in [2.24, 2.45) is 0 Å². The van der Waals surface area contributed by atoms with Gasteiger partial charge in [-0.2, -0.15) is 0 Å². The average Bonchev–Trinajstić information content (AvgIpc) is 2.46. The number of hydrogen-bond donors (Lipinski definition) is 1. The summed E-state index contributed by atoms with van der Waals surface area (Å²) < 4.78 is 24.2. The minimum Gasteiger partial charge on any atom is -0.494 e. The van der Waals surface area contributed by atoms with Crippen LogP contribution in [-0.2, 0) is 6.61 Å². The fourth-order valence-electron chi connectivity index (χ4n) is 1.71. The Morgan fingerprint density at radius 1 is 1.25 bits per heavy atom. The van der Waals surface area contributed by atoms with Gasteiger partial charge in [0, 0.05) is 5.56 Å². The molecular formula is C15H13FO4. The van der Waals surface area contributed by atoms with E-state index in [0.29, 0.717) is 11.3 Å². The molecule has 4 nitrogen and oxygen atoms in total. The number of ether oxygens (including phenoxy) is 2. The van der Waals surface area contributed by atoms with Crippen molar-refractivity contribution >= 4 is 5.97 Å². The second-order valence-corrected chi connectivity index (χ2v) is 4.06. The smallest absolute Gasteiger partial charge is 0.335 e. The number of halogens is 1. The predicted molar refractivity (Wildman–Crippen MR) is 70.7 cm³/mol. The monoisotopic (exact) mass is 276 g/mol. The van der Waals surface area contributed by atoms with E-state index in [1.807, 2.05) is 0 Å². The molecule has 0 aliphatic heterocycles. The van der Waals surface area contributed by atoms with Crippen LogP contribution in [0.3, 0.4) is 0 Å². The van der Waals surface area contributed by atoms with E-state index in [-0.39, 0.29) is 17.9 Å². The SMILES string of the molecule is COc1cccc(COc2cccc(C(=O)O)c2)c1F. The van der Waals surface area contributed by atoms with Crippen molar-refractivity contribution in [2.75, 3.05) is 7.11 Å². The molecule has 0 unspecified atom stereocenters. The highest BCUT2D eigenvalue weighted by atomic mass is 19.1. The van der Waals surface area contributed by atoms with Gasteiger partial charge in [0.05, 0.1) is 12.7 Å². The van der Waals surface area contributed by atoms with Gasteiger partial charge in [0.15, 0.2) is 11.6 Å². The molecule has 0 amide bonds. The van der Waals surface area contributed by atoms with Crippen LogP contribution >= 0.6 is 0 Å². The minimum atomic E-state index is -1.04. The largest absolute Gasteiger partial charge is 0.494 e. The second kappa shape index (κ2) is 6.06. The molecule has 0 bridgehead atoms. The number of carboxylic acid groups (broad SMARTS) is 1. The molecule has 2 aromatic carbocycles. The summed E-state index contributed by atoms with van der Waals surface area (Å²) in [4.78, 5) is 10.8. The van der Waals surface area contributed by atoms with Crippen LogP contribution in [0.1, 0.15) is 15.9 Å². The van der Waals surface area contributed by atoms with Crippen molar-refractivity contribution in [1.82, 2.24) is 0 Å². The van der Waals surface area contributed by atoms with Crippen molar-refractivity contribution in [2.45, 2.75) is 6.61 Å². The first-order valence-corrected chi connectivity index (χ1v) is 5.89. The van der Waals surface area contributed by atoms with Crippen molar-refractivity contribution in [3.63, 3.8) is 0 Å². The van der Waals surface area contributed by atoms with Gasteiger partial charge in [0.2, 0.25) is 0 Å². The van der Waals surface area contributed by atoms with Gasteiger partial charge >= 0.3 is 5.97 Å². The highest BCUT2D eigenvalue weighted by Crippen LogP contribution is 2.22. The molecule has 0 aromatic heterocycles. The van der Waals surface area contributed by atoms with Gasteiger partial charge in [0.25, 0.3) is 0 Å². The summed E-state index contributed by atoms with van der Waals surface area (Å²) in [6, 6.07) is 10.8. The summed E-state index contributed by atoms with van der Waals surface area (Å²) in [5.41, 5.74) is 0.457. The van der Waals surface area contributed by atoms with Gasteiger partial charge in [-0.15, -0.1) is 0 Å². The lowest BCUT2D eigenvalue weighted by Gasteiger charge is -2.09. The van der Waals surface area contributed by atoms with Crippen molar-refractivity contribution < 1.29 is 23.8 Å². The average molecular weight is 276 g/mol. The van der Waals surface area contributed by atoms with E-state index in [1.54, 1.807) is 24.3 Å². The summed E-state index contributed by atoms with van der Waals surface area (Å²) in [5.74, 6) is -1.01. The summed E-state index contributed by atoms with van der Waals surface area (Å²) in [5, 5.41) is 8.87. The maximum absolute atomic E-state index is 13.9. The molecule has 0 saturated heterocycles. The molecule has 1 N–H and O–H groups in total. The van der Waals surface area contributed by atoms with Gasteiger partial charge in [-0.25, -0.2) is 9.18 Å². The Kier molecular flexibility index (Phi) is 4.20. The molecule has 20 heavy (non-hydrogen) atoms. The number of carbonyl (C=O) groups is 1. The predicted octanol–water partition coefficient (Wildman–Crippen LogP) is 3.11. The molecule has 0 saturated carbocycles. The molecule has 2 rings (SSSR count). The Morgan fingerprint density at radius 3 is 2.70 bits per heavy atom. The van der Waals surface area contributed by atoms with E-state index in [9.17, 15) is 9.18 Å². The Hall–Kier alpha value is -2.56. The third-order valence-electron chi connectivity index (χ3n) is 2.74. The normalized spacial score (nSPS) is 10.1. The number of carboxylic acids is 1. The topological polar surface area (TPSA) is 55.8 Å². The molecule has 0 spiro atoms. The third kappa shape index (κ3) is 3.06. The first kappa shape index (κ1) is 13.9. The molecule has 0 heterocycles. The molecule has 0 radical (unpaired) electrons. The van der Waals surface area contributed by atoms with E-state index in [4.69, 9.17) is 14.6 Å². The number of hydrogen-bond acceptors (Lipinski definition) is 3. The van der Waals surface area contributed by atoms with E-state index in [0.717, 1.165) is 0 Å². The van der Waals surface area contributed by atoms with Crippen molar-refractivity contribution in [3.05, 3.63) is 59.4 Å². The van der Waals surface area contributed by atoms with Crippen LogP contribution in [0, 0.1) is 5.82 Å². The maximum Gasteiger partial charge on any atom is 0.335 e. The van der Waals surface area contributed by atoms with Crippen LogP contribution in [0.2, 0.25) is 0 Å². The zero-order chi connectivity index (χ0) is 14.5. The second-order valence-electron chi connectivity index (χ2n) is 4.06. The van der Waals surface area contributed by atoms with Gasteiger partial charge in [-0.3, -0.25) is 0 Å². The Bertz CT molecular complexity index is 625. The molecule has 0 aliphatic rings.